The second kappa shape index (κ2) is 5.65. The molecule has 0 fully saturated rings. The maximum atomic E-state index is 13.3. The van der Waals surface area contributed by atoms with Gasteiger partial charge < -0.3 is 10.3 Å². The minimum Gasteiger partial charge on any atom is -0.398 e. The lowest BCUT2D eigenvalue weighted by molar-refractivity contribution is 0.424. The molecule has 1 aromatic heterocycles. The highest BCUT2D eigenvalue weighted by Gasteiger charge is 2.13. The van der Waals surface area contributed by atoms with E-state index >= 15 is 0 Å². The van der Waals surface area contributed by atoms with E-state index in [1.807, 2.05) is 24.3 Å². The lowest BCUT2D eigenvalue weighted by atomic mass is 10.1. The fraction of sp³-hybridized carbons (Fsp3) is 0.0667. The summed E-state index contributed by atoms with van der Waals surface area (Å²) < 4.78 is 19.4. The molecular formula is C15H11BrFN3O. The molecule has 0 saturated carbocycles. The van der Waals surface area contributed by atoms with Crippen LogP contribution in [0.4, 0.5) is 10.1 Å². The Labute approximate surface area is 128 Å². The summed E-state index contributed by atoms with van der Waals surface area (Å²) >= 11 is 3.41. The Balaban J connectivity index is 1.88. The molecule has 0 bridgehead atoms. The zero-order chi connectivity index (χ0) is 14.8. The zero-order valence-electron chi connectivity index (χ0n) is 10.9. The summed E-state index contributed by atoms with van der Waals surface area (Å²) in [7, 11) is 0. The molecule has 0 aliphatic heterocycles. The maximum Gasteiger partial charge on any atom is 0.260 e. The van der Waals surface area contributed by atoms with Gasteiger partial charge >= 0.3 is 0 Å². The molecule has 3 rings (SSSR count). The van der Waals surface area contributed by atoms with Gasteiger partial charge in [0.15, 0.2) is 5.82 Å². The van der Waals surface area contributed by atoms with Crippen LogP contribution in [0, 0.1) is 5.82 Å². The third kappa shape index (κ3) is 3.11. The van der Waals surface area contributed by atoms with Crippen molar-refractivity contribution in [1.82, 2.24) is 10.1 Å². The first kappa shape index (κ1) is 13.8. The summed E-state index contributed by atoms with van der Waals surface area (Å²) in [5, 5.41) is 3.91. The first-order valence-electron chi connectivity index (χ1n) is 6.24. The number of benzene rings is 2. The molecule has 0 unspecified atom stereocenters. The molecule has 0 radical (unpaired) electrons. The average molecular weight is 348 g/mol. The van der Waals surface area contributed by atoms with Crippen LogP contribution in [0.5, 0.6) is 0 Å². The fourth-order valence-corrected chi connectivity index (χ4v) is 2.43. The molecule has 106 valence electrons. The number of nitrogens with two attached hydrogens (primary N) is 1. The van der Waals surface area contributed by atoms with Gasteiger partial charge in [0.05, 0.1) is 5.56 Å². The molecule has 0 aliphatic carbocycles. The van der Waals surface area contributed by atoms with Crippen molar-refractivity contribution in [3.63, 3.8) is 0 Å². The van der Waals surface area contributed by atoms with E-state index in [4.69, 9.17) is 10.3 Å². The molecule has 4 nitrogen and oxygen atoms in total. The average Bonchev–Trinajstić information content (AvgIpc) is 2.90. The van der Waals surface area contributed by atoms with Crippen molar-refractivity contribution in [3.8, 4) is 11.5 Å². The van der Waals surface area contributed by atoms with Crippen molar-refractivity contribution in [3.05, 3.63) is 64.1 Å². The number of anilines is 1. The predicted molar refractivity (Wildman–Crippen MR) is 81.1 cm³/mol. The zero-order valence-corrected chi connectivity index (χ0v) is 12.5. The third-order valence-corrected chi connectivity index (χ3v) is 3.46. The van der Waals surface area contributed by atoms with Gasteiger partial charge in [0.1, 0.15) is 5.82 Å². The number of nitrogens with zero attached hydrogens (tertiary/aromatic N) is 2. The highest BCUT2D eigenvalue weighted by Crippen LogP contribution is 2.25. The molecular weight excluding hydrogens is 337 g/mol. The van der Waals surface area contributed by atoms with Crippen LogP contribution < -0.4 is 5.73 Å². The van der Waals surface area contributed by atoms with Crippen LogP contribution in [0.25, 0.3) is 11.5 Å². The van der Waals surface area contributed by atoms with Gasteiger partial charge in [0.25, 0.3) is 5.89 Å². The molecule has 2 aromatic carbocycles. The first-order valence-corrected chi connectivity index (χ1v) is 7.03. The van der Waals surface area contributed by atoms with Crippen molar-refractivity contribution < 1.29 is 8.91 Å². The van der Waals surface area contributed by atoms with Crippen LogP contribution in [0.3, 0.4) is 0 Å². The van der Waals surface area contributed by atoms with E-state index in [0.717, 1.165) is 10.0 Å². The second-order valence-electron chi connectivity index (χ2n) is 4.55. The highest BCUT2D eigenvalue weighted by molar-refractivity contribution is 9.10. The summed E-state index contributed by atoms with van der Waals surface area (Å²) in [5.74, 6) is 0.342. The standard InChI is InChI=1S/C15H11BrFN3O/c16-10-3-1-2-9(6-10)7-14-19-15(21-20-14)12-8-11(17)4-5-13(12)18/h1-6,8H,7,18H2. The summed E-state index contributed by atoms with van der Waals surface area (Å²) in [6.07, 6.45) is 0.526. The number of rotatable bonds is 3. The number of nitrogen functional groups attached to an aromatic ring is 1. The molecule has 3 aromatic rings. The molecule has 0 spiro atoms. The summed E-state index contributed by atoms with van der Waals surface area (Å²) in [4.78, 5) is 4.27. The van der Waals surface area contributed by atoms with E-state index in [1.54, 1.807) is 0 Å². The third-order valence-electron chi connectivity index (χ3n) is 2.97. The summed E-state index contributed by atoms with van der Waals surface area (Å²) in [5.41, 5.74) is 7.65. The van der Waals surface area contributed by atoms with Gasteiger partial charge in [-0.25, -0.2) is 4.39 Å². The molecule has 21 heavy (non-hydrogen) atoms. The van der Waals surface area contributed by atoms with Gasteiger partial charge in [0, 0.05) is 16.6 Å². The molecule has 0 aliphatic rings. The monoisotopic (exact) mass is 347 g/mol. The predicted octanol–water partition coefficient (Wildman–Crippen LogP) is 3.81. The van der Waals surface area contributed by atoms with Crippen LogP contribution in [0.15, 0.2) is 51.5 Å². The topological polar surface area (TPSA) is 64.9 Å². The maximum absolute atomic E-state index is 13.3. The Hall–Kier alpha value is -2.21. The van der Waals surface area contributed by atoms with E-state index in [1.165, 1.54) is 18.2 Å². The lowest BCUT2D eigenvalue weighted by Crippen LogP contribution is -1.93. The molecule has 0 saturated heterocycles. The lowest BCUT2D eigenvalue weighted by Gasteiger charge is -1.99. The largest absolute Gasteiger partial charge is 0.398 e. The molecule has 1 heterocycles. The smallest absolute Gasteiger partial charge is 0.260 e. The normalized spacial score (nSPS) is 10.8. The van der Waals surface area contributed by atoms with Crippen molar-refractivity contribution in [2.75, 3.05) is 5.73 Å². The van der Waals surface area contributed by atoms with Crippen LogP contribution in [-0.4, -0.2) is 10.1 Å². The number of hydrogen-bond donors (Lipinski definition) is 1. The minimum absolute atomic E-state index is 0.219. The molecule has 0 atom stereocenters. The van der Waals surface area contributed by atoms with E-state index in [9.17, 15) is 4.39 Å². The fourth-order valence-electron chi connectivity index (χ4n) is 1.98. The van der Waals surface area contributed by atoms with Crippen LogP contribution in [0.1, 0.15) is 11.4 Å². The van der Waals surface area contributed by atoms with Crippen LogP contribution in [0.2, 0.25) is 0 Å². The Morgan fingerprint density at radius 1 is 1.19 bits per heavy atom. The van der Waals surface area contributed by atoms with E-state index in [0.29, 0.717) is 23.5 Å². The Kier molecular flexibility index (Phi) is 3.70. The Morgan fingerprint density at radius 3 is 2.86 bits per heavy atom. The van der Waals surface area contributed by atoms with E-state index in [2.05, 4.69) is 26.1 Å². The van der Waals surface area contributed by atoms with Crippen molar-refractivity contribution in [2.45, 2.75) is 6.42 Å². The van der Waals surface area contributed by atoms with Crippen molar-refractivity contribution >= 4 is 21.6 Å². The summed E-state index contributed by atoms with van der Waals surface area (Å²) in [6, 6.07) is 11.9. The summed E-state index contributed by atoms with van der Waals surface area (Å²) in [6.45, 7) is 0. The van der Waals surface area contributed by atoms with Gasteiger partial charge in [-0.1, -0.05) is 33.2 Å². The number of aromatic nitrogens is 2. The molecule has 0 amide bonds. The van der Waals surface area contributed by atoms with E-state index < -0.39 is 5.82 Å². The first-order chi connectivity index (χ1) is 10.1. The van der Waals surface area contributed by atoms with Crippen molar-refractivity contribution in [1.29, 1.82) is 0 Å². The van der Waals surface area contributed by atoms with Crippen LogP contribution in [-0.2, 0) is 6.42 Å². The Morgan fingerprint density at radius 2 is 2.05 bits per heavy atom. The molecule has 6 heteroatoms. The van der Waals surface area contributed by atoms with Gasteiger partial charge in [-0.3, -0.25) is 0 Å². The second-order valence-corrected chi connectivity index (χ2v) is 5.47. The number of hydrogen-bond acceptors (Lipinski definition) is 4. The van der Waals surface area contributed by atoms with Gasteiger partial charge in [0.2, 0.25) is 0 Å². The number of halogens is 2. The van der Waals surface area contributed by atoms with Gasteiger partial charge in [-0.05, 0) is 35.9 Å². The molecule has 2 N–H and O–H groups in total. The van der Waals surface area contributed by atoms with Crippen molar-refractivity contribution in [2.24, 2.45) is 0 Å². The Bertz CT molecular complexity index is 788. The van der Waals surface area contributed by atoms with Gasteiger partial charge in [-0.2, -0.15) is 4.98 Å². The van der Waals surface area contributed by atoms with Crippen LogP contribution >= 0.6 is 15.9 Å². The highest BCUT2D eigenvalue weighted by atomic mass is 79.9. The quantitative estimate of drug-likeness (QED) is 0.731. The SMILES string of the molecule is Nc1ccc(F)cc1-c1nc(Cc2cccc(Br)c2)no1. The minimum atomic E-state index is -0.397. The van der Waals surface area contributed by atoms with Gasteiger partial charge in [-0.15, -0.1) is 0 Å². The van der Waals surface area contributed by atoms with E-state index in [-0.39, 0.29) is 5.89 Å².